The molecule has 5 amide bonds. The van der Waals surface area contributed by atoms with Crippen LogP contribution in [0.4, 0.5) is 4.79 Å². The number of amides is 5. The molecule has 1 aliphatic rings. The quantitative estimate of drug-likeness (QED) is 0.0813. The van der Waals surface area contributed by atoms with E-state index in [0.29, 0.717) is 5.56 Å². The van der Waals surface area contributed by atoms with E-state index in [9.17, 15) is 43.8 Å². The summed E-state index contributed by atoms with van der Waals surface area (Å²) >= 11 is 0. The fourth-order valence-corrected chi connectivity index (χ4v) is 6.10. The number of carbonyl (C=O) groups is 5. The van der Waals surface area contributed by atoms with Crippen molar-refractivity contribution in [2.45, 2.75) is 82.6 Å². The zero-order chi connectivity index (χ0) is 39.0. The summed E-state index contributed by atoms with van der Waals surface area (Å²) in [7, 11) is 1.41. The molecule has 53 heavy (non-hydrogen) atoms. The number of carbonyl (C=O) groups excluding carboxylic acids is 4. The van der Waals surface area contributed by atoms with E-state index in [-0.39, 0.29) is 38.3 Å². The molecule has 2 aromatic heterocycles. The Morgan fingerprint density at radius 3 is 2.40 bits per heavy atom. The zero-order valence-corrected chi connectivity index (χ0v) is 29.8. The van der Waals surface area contributed by atoms with Crippen LogP contribution in [0.5, 0.6) is 0 Å². The van der Waals surface area contributed by atoms with Crippen molar-refractivity contribution in [3.8, 4) is 0 Å². The fourth-order valence-electron chi connectivity index (χ4n) is 6.10. The zero-order valence-electron chi connectivity index (χ0n) is 29.8. The summed E-state index contributed by atoms with van der Waals surface area (Å²) in [5.74, 6) is -3.45. The molecule has 0 radical (unpaired) electrons. The minimum absolute atomic E-state index is 0.0157. The van der Waals surface area contributed by atoms with E-state index in [0.717, 1.165) is 21.5 Å². The van der Waals surface area contributed by atoms with Crippen LogP contribution in [0, 0.1) is 5.92 Å². The number of aliphatic carboxylic acids is 1. The number of benzene rings is 1. The van der Waals surface area contributed by atoms with Crippen molar-refractivity contribution < 1.29 is 38.9 Å². The number of urea groups is 1. The molecule has 1 aromatic carbocycles. The maximum absolute atomic E-state index is 13.8. The third-order valence-corrected chi connectivity index (χ3v) is 9.07. The van der Waals surface area contributed by atoms with Crippen molar-refractivity contribution in [3.63, 3.8) is 0 Å². The Hall–Kier alpha value is -5.53. The maximum Gasteiger partial charge on any atom is 0.330 e. The first kappa shape index (κ1) is 40.2. The van der Waals surface area contributed by atoms with Gasteiger partial charge in [-0.2, -0.15) is 0 Å². The SMILES string of the molecule is CC(C)C[C@H](NC(=O)N[C@@H](Cc1c[nH]c2ccccc12)C(=O)O)C(=O)N[C@H](C(=O)NC[C@H]1C[C@@H](O)[C@H](n2ccc(=O)[nH]c2=O)O1)[C@H](C)N(C)C(=O)CN. The molecule has 0 aliphatic carbocycles. The van der Waals surface area contributed by atoms with E-state index in [4.69, 9.17) is 10.5 Å². The van der Waals surface area contributed by atoms with Crippen LogP contribution in [0.3, 0.4) is 0 Å². The van der Waals surface area contributed by atoms with Crippen LogP contribution >= 0.6 is 0 Å². The largest absolute Gasteiger partial charge is 0.480 e. The summed E-state index contributed by atoms with van der Waals surface area (Å²) in [4.78, 5) is 95.3. The van der Waals surface area contributed by atoms with Gasteiger partial charge in [-0.25, -0.2) is 14.4 Å². The first-order chi connectivity index (χ1) is 25.1. The van der Waals surface area contributed by atoms with Crippen molar-refractivity contribution in [2.75, 3.05) is 20.1 Å². The van der Waals surface area contributed by atoms with Gasteiger partial charge < -0.3 is 51.8 Å². The molecule has 0 saturated carbocycles. The number of aromatic nitrogens is 3. The molecule has 0 spiro atoms. The molecule has 10 N–H and O–H groups in total. The van der Waals surface area contributed by atoms with Crippen LogP contribution in [0.2, 0.25) is 0 Å². The Labute approximate surface area is 303 Å². The molecular formula is C34H47N9O10. The number of hydrogen-bond acceptors (Lipinski definition) is 10. The summed E-state index contributed by atoms with van der Waals surface area (Å²) in [6, 6.07) is 2.60. The minimum atomic E-state index is -1.37. The van der Waals surface area contributed by atoms with Crippen LogP contribution < -0.4 is 38.2 Å². The average molecular weight is 742 g/mol. The van der Waals surface area contributed by atoms with Crippen LogP contribution in [-0.4, -0.2) is 116 Å². The van der Waals surface area contributed by atoms with E-state index in [1.165, 1.54) is 25.1 Å². The first-order valence-corrected chi connectivity index (χ1v) is 17.1. The summed E-state index contributed by atoms with van der Waals surface area (Å²) in [5, 5.41) is 31.5. The highest BCUT2D eigenvalue weighted by Crippen LogP contribution is 2.27. The van der Waals surface area contributed by atoms with E-state index >= 15 is 0 Å². The number of aliphatic hydroxyl groups excluding tert-OH is 1. The monoisotopic (exact) mass is 741 g/mol. The van der Waals surface area contributed by atoms with Crippen LogP contribution in [0.1, 0.15) is 45.4 Å². The Balaban J connectivity index is 1.46. The molecule has 19 heteroatoms. The number of ether oxygens (including phenoxy) is 1. The highest BCUT2D eigenvalue weighted by Gasteiger charge is 2.38. The lowest BCUT2D eigenvalue weighted by molar-refractivity contribution is -0.139. The lowest BCUT2D eigenvalue weighted by Gasteiger charge is -2.33. The topological polar surface area (TPSA) is 283 Å². The molecule has 3 aromatic rings. The van der Waals surface area contributed by atoms with Crippen molar-refractivity contribution in [1.82, 2.24) is 40.7 Å². The van der Waals surface area contributed by atoms with Gasteiger partial charge >= 0.3 is 17.7 Å². The number of nitrogens with one attached hydrogen (secondary N) is 6. The van der Waals surface area contributed by atoms with Crippen LogP contribution in [0.15, 0.2) is 52.3 Å². The van der Waals surface area contributed by atoms with Gasteiger partial charge in [0.15, 0.2) is 6.23 Å². The van der Waals surface area contributed by atoms with Gasteiger partial charge in [-0.15, -0.1) is 0 Å². The number of rotatable bonds is 16. The van der Waals surface area contributed by atoms with Gasteiger partial charge in [0.05, 0.1) is 18.7 Å². The third-order valence-electron chi connectivity index (χ3n) is 9.07. The van der Waals surface area contributed by atoms with Gasteiger partial charge in [0.2, 0.25) is 17.7 Å². The lowest BCUT2D eigenvalue weighted by Crippen LogP contribution is -2.62. The third kappa shape index (κ3) is 10.3. The van der Waals surface area contributed by atoms with E-state index in [1.54, 1.807) is 6.20 Å². The summed E-state index contributed by atoms with van der Waals surface area (Å²) < 4.78 is 6.81. The fraction of sp³-hybridized carbons (Fsp3) is 0.500. The van der Waals surface area contributed by atoms with Crippen LogP contribution in [0.25, 0.3) is 10.9 Å². The summed E-state index contributed by atoms with van der Waals surface area (Å²) in [6.07, 6.45) is -0.137. The van der Waals surface area contributed by atoms with Crippen LogP contribution in [-0.2, 0) is 30.3 Å². The number of aromatic amines is 2. The number of para-hydroxylation sites is 1. The number of fused-ring (bicyclic) bond motifs is 1. The molecule has 1 saturated heterocycles. The smallest absolute Gasteiger partial charge is 0.330 e. The standard InChI is InChI=1S/C34H47N9O10/c1-17(2)11-23(38-33(51)39-24(32(49)50)12-19-15-36-22-8-6-5-7-21(19)22)29(47)41-28(18(3)42(4)27(46)14-35)30(48)37-16-20-13-25(44)31(53-20)43-10-9-26(45)40-34(43)52/h5-10,15,17-18,20,23-25,28,31,36,44H,11-14,16,35H2,1-4H3,(H,37,48)(H,41,47)(H,49,50)(H2,38,39,51)(H,40,45,52)/t18-,20+,23-,24-,25+,28-,31+/m0/s1. The molecule has 288 valence electrons. The number of nitrogens with zero attached hydrogens (tertiary/aromatic N) is 2. The summed E-state index contributed by atoms with van der Waals surface area (Å²) in [5.41, 5.74) is 5.61. The molecule has 3 heterocycles. The molecule has 4 rings (SSSR count). The maximum atomic E-state index is 13.8. The van der Waals surface area contributed by atoms with Gasteiger partial charge in [0.25, 0.3) is 5.56 Å². The average Bonchev–Trinajstić information content (AvgIpc) is 3.70. The predicted molar refractivity (Wildman–Crippen MR) is 190 cm³/mol. The van der Waals surface area contributed by atoms with Gasteiger partial charge in [-0.1, -0.05) is 32.0 Å². The van der Waals surface area contributed by atoms with Gasteiger partial charge in [-0.3, -0.25) is 28.7 Å². The molecule has 0 unspecified atom stereocenters. The normalized spacial score (nSPS) is 19.2. The Bertz CT molecular complexity index is 1910. The number of aliphatic hydroxyl groups is 1. The highest BCUT2D eigenvalue weighted by atomic mass is 16.5. The number of H-pyrrole nitrogens is 2. The molecule has 7 atom stereocenters. The molecule has 0 bridgehead atoms. The van der Waals surface area contributed by atoms with Gasteiger partial charge in [-0.05, 0) is 30.9 Å². The second kappa shape index (κ2) is 17.8. The van der Waals surface area contributed by atoms with E-state index in [2.05, 4.69) is 31.2 Å². The number of nitrogens with two attached hydrogens (primary N) is 1. The predicted octanol–water partition coefficient (Wildman–Crippen LogP) is -1.52. The van der Waals surface area contributed by atoms with E-state index < -0.39 is 83.6 Å². The number of carboxylic acids is 1. The second-order valence-electron chi connectivity index (χ2n) is 13.4. The highest BCUT2D eigenvalue weighted by molar-refractivity contribution is 5.93. The van der Waals surface area contributed by atoms with Crippen molar-refractivity contribution in [3.05, 3.63) is 69.1 Å². The Morgan fingerprint density at radius 1 is 1.04 bits per heavy atom. The number of carboxylic acid groups (broad SMARTS) is 1. The van der Waals surface area contributed by atoms with Crippen molar-refractivity contribution in [1.29, 1.82) is 0 Å². The molecule has 19 nitrogen and oxygen atoms in total. The Morgan fingerprint density at radius 2 is 1.74 bits per heavy atom. The number of likely N-dealkylation sites (N-methyl/N-ethyl adjacent to an activating group) is 1. The molecule has 1 fully saturated rings. The van der Waals surface area contributed by atoms with E-state index in [1.807, 2.05) is 38.1 Å². The first-order valence-electron chi connectivity index (χ1n) is 17.1. The van der Waals surface area contributed by atoms with Gasteiger partial charge in [0.1, 0.15) is 24.2 Å². The second-order valence-corrected chi connectivity index (χ2v) is 13.4. The molecule has 1 aliphatic heterocycles. The van der Waals surface area contributed by atoms with Gasteiger partial charge in [0, 0.05) is 55.8 Å². The summed E-state index contributed by atoms with van der Waals surface area (Å²) in [6.45, 7) is 4.60. The van der Waals surface area contributed by atoms with Crippen molar-refractivity contribution in [2.24, 2.45) is 11.7 Å². The molecular weight excluding hydrogens is 694 g/mol. The Kier molecular flexibility index (Phi) is 13.5. The number of hydrogen-bond donors (Lipinski definition) is 9. The minimum Gasteiger partial charge on any atom is -0.480 e. The van der Waals surface area contributed by atoms with Crippen molar-refractivity contribution >= 4 is 40.6 Å². The lowest BCUT2D eigenvalue weighted by atomic mass is 10.0.